The van der Waals surface area contributed by atoms with E-state index in [9.17, 15) is 4.79 Å². The van der Waals surface area contributed by atoms with Crippen LogP contribution in [0.3, 0.4) is 0 Å². The van der Waals surface area contributed by atoms with Crippen LogP contribution in [0.15, 0.2) is 120 Å². The first-order chi connectivity index (χ1) is 18.0. The Hall–Kier alpha value is -3.79. The smallest absolute Gasteiger partial charge is 0.308 e. The Labute approximate surface area is 221 Å². The van der Waals surface area contributed by atoms with Crippen LogP contribution in [0.25, 0.3) is 11.4 Å². The Morgan fingerprint density at radius 3 is 1.62 bits per heavy atom. The number of benzene rings is 4. The second-order valence-corrected chi connectivity index (χ2v) is 11.9. The first-order valence-corrected chi connectivity index (χ1v) is 14.3. The number of nitrogens with zero attached hydrogens (tertiary/aromatic N) is 2. The third kappa shape index (κ3) is 4.35. The van der Waals surface area contributed by atoms with Crippen molar-refractivity contribution < 1.29 is 4.57 Å². The third-order valence-corrected chi connectivity index (χ3v) is 10.2. The molecule has 0 unspecified atom stereocenters. The minimum absolute atomic E-state index is 0.271. The van der Waals surface area contributed by atoms with Crippen LogP contribution in [0, 0.1) is 11.6 Å². The van der Waals surface area contributed by atoms with Crippen LogP contribution in [0.5, 0.6) is 0 Å². The molecule has 4 nitrogen and oxygen atoms in total. The fraction of sp³-hybridized carbons (Fsp3) is 0.0968. The van der Waals surface area contributed by atoms with Crippen molar-refractivity contribution in [3.05, 3.63) is 142 Å². The van der Waals surface area contributed by atoms with E-state index in [1.807, 2.05) is 129 Å². The van der Waals surface area contributed by atoms with Gasteiger partial charge < -0.3 is 4.57 Å². The van der Waals surface area contributed by atoms with E-state index >= 15 is 4.57 Å². The highest BCUT2D eigenvalue weighted by Gasteiger charge is 2.36. The number of para-hydroxylation sites is 1. The minimum atomic E-state index is -3.48. The summed E-state index contributed by atoms with van der Waals surface area (Å²) in [6, 6.07) is 36.0. The van der Waals surface area contributed by atoms with Crippen LogP contribution in [-0.2, 0) is 11.0 Å². The van der Waals surface area contributed by atoms with Crippen LogP contribution in [0.2, 0.25) is 0 Å². The average molecular weight is 523 g/mol. The molecule has 4 aromatic carbocycles. The Bertz CT molecular complexity index is 1670. The topological polar surface area (TPSA) is 44.0 Å². The summed E-state index contributed by atoms with van der Waals surface area (Å²) < 4.78 is 19.0. The van der Waals surface area contributed by atoms with E-state index in [1.54, 1.807) is 4.57 Å². The molecule has 1 aromatic heterocycles. The first kappa shape index (κ1) is 24.9. The van der Waals surface area contributed by atoms with Gasteiger partial charge in [-0.25, -0.2) is 4.79 Å². The Balaban J connectivity index is 2.01. The van der Waals surface area contributed by atoms with Gasteiger partial charge in [0.25, 0.3) is 0 Å². The fourth-order valence-electron chi connectivity index (χ4n) is 4.73. The summed E-state index contributed by atoms with van der Waals surface area (Å²) in [6.07, 6.45) is 0.474. The van der Waals surface area contributed by atoms with Gasteiger partial charge in [-0.2, -0.15) is 0 Å². The maximum absolute atomic E-state index is 15.6. The predicted molar refractivity (Wildman–Crippen MR) is 156 cm³/mol. The standard InChI is InChI=1S/C31H27N2O2PS/c1-3-28-29(36(35,26-15-9-5-10-16-26)27-17-11-6-12-18-27)30(37)33(24-13-7-4-8-14-24)31(34)32(28)25-21-19-23(2)20-22-25/h4-22H,3H2,1-2H3. The van der Waals surface area contributed by atoms with Gasteiger partial charge in [-0.3, -0.25) is 9.13 Å². The van der Waals surface area contributed by atoms with Crippen LogP contribution in [0.1, 0.15) is 18.2 Å². The second kappa shape index (κ2) is 10.3. The van der Waals surface area contributed by atoms with E-state index in [2.05, 4.69) is 0 Å². The fourth-order valence-corrected chi connectivity index (χ4v) is 8.40. The SMILES string of the molecule is CCc1c(P(=O)(c2ccccc2)c2ccccc2)c(=S)n(-c2ccccc2)c(=O)n1-c1ccc(C)cc1. The molecule has 6 heteroatoms. The molecule has 0 fully saturated rings. The van der Waals surface area contributed by atoms with Crippen LogP contribution in [0.4, 0.5) is 0 Å². The summed E-state index contributed by atoms with van der Waals surface area (Å²) in [5.74, 6) is 0. The number of hydrogen-bond donors (Lipinski definition) is 0. The monoisotopic (exact) mass is 522 g/mol. The molecule has 0 amide bonds. The average Bonchev–Trinajstić information content (AvgIpc) is 2.94. The zero-order valence-electron chi connectivity index (χ0n) is 20.7. The first-order valence-electron chi connectivity index (χ1n) is 12.2. The summed E-state index contributed by atoms with van der Waals surface area (Å²) in [5.41, 5.74) is 2.80. The highest BCUT2D eigenvalue weighted by atomic mass is 32.1. The minimum Gasteiger partial charge on any atom is -0.308 e. The second-order valence-electron chi connectivity index (χ2n) is 8.86. The predicted octanol–water partition coefficient (Wildman–Crippen LogP) is 5.87. The van der Waals surface area contributed by atoms with Crippen LogP contribution < -0.4 is 21.6 Å². The van der Waals surface area contributed by atoms with Gasteiger partial charge in [0.05, 0.1) is 16.7 Å². The van der Waals surface area contributed by atoms with E-state index in [-0.39, 0.29) is 10.3 Å². The van der Waals surface area contributed by atoms with E-state index < -0.39 is 7.14 Å². The van der Waals surface area contributed by atoms with Gasteiger partial charge in [-0.1, -0.05) is 116 Å². The van der Waals surface area contributed by atoms with Crippen LogP contribution in [-0.4, -0.2) is 9.13 Å². The lowest BCUT2D eigenvalue weighted by Gasteiger charge is -2.26. The highest BCUT2D eigenvalue weighted by molar-refractivity contribution is 7.86. The molecule has 5 rings (SSSR count). The van der Waals surface area contributed by atoms with E-state index in [0.29, 0.717) is 39.4 Å². The molecule has 0 spiro atoms. The van der Waals surface area contributed by atoms with Gasteiger partial charge in [-0.05, 0) is 37.6 Å². The van der Waals surface area contributed by atoms with E-state index in [4.69, 9.17) is 12.2 Å². The summed E-state index contributed by atoms with van der Waals surface area (Å²) in [7, 11) is -3.48. The zero-order chi connectivity index (χ0) is 26.0. The highest BCUT2D eigenvalue weighted by Crippen LogP contribution is 2.44. The molecule has 0 aliphatic heterocycles. The van der Waals surface area contributed by atoms with Crippen molar-refractivity contribution in [2.75, 3.05) is 0 Å². The van der Waals surface area contributed by atoms with Crippen molar-refractivity contribution in [1.82, 2.24) is 9.13 Å². The molecule has 0 aliphatic rings. The molecule has 0 bridgehead atoms. The number of aromatic nitrogens is 2. The lowest BCUT2D eigenvalue weighted by Crippen LogP contribution is -2.40. The van der Waals surface area contributed by atoms with Gasteiger partial charge in [0.1, 0.15) is 4.64 Å². The molecule has 1 heterocycles. The van der Waals surface area contributed by atoms with Crippen molar-refractivity contribution in [2.45, 2.75) is 20.3 Å². The Morgan fingerprint density at radius 2 is 1.14 bits per heavy atom. The summed E-state index contributed by atoms with van der Waals surface area (Å²) in [5, 5.41) is 1.87. The molecule has 184 valence electrons. The lowest BCUT2D eigenvalue weighted by molar-refractivity contribution is 0.591. The maximum atomic E-state index is 15.6. The number of hydrogen-bond acceptors (Lipinski definition) is 3. The molecule has 37 heavy (non-hydrogen) atoms. The van der Waals surface area contributed by atoms with Gasteiger partial charge in [0.15, 0.2) is 7.14 Å². The quantitative estimate of drug-likeness (QED) is 0.207. The van der Waals surface area contributed by atoms with Gasteiger partial charge in [0.2, 0.25) is 0 Å². The molecule has 0 saturated carbocycles. The molecule has 0 atom stereocenters. The summed E-state index contributed by atoms with van der Waals surface area (Å²) >= 11 is 6.07. The largest absolute Gasteiger partial charge is 0.338 e. The number of rotatable bonds is 6. The molecule has 0 saturated heterocycles. The van der Waals surface area contributed by atoms with Crippen molar-refractivity contribution in [3.63, 3.8) is 0 Å². The van der Waals surface area contributed by atoms with Crippen molar-refractivity contribution in [2.24, 2.45) is 0 Å². The molecular weight excluding hydrogens is 495 g/mol. The third-order valence-electron chi connectivity index (χ3n) is 6.53. The van der Waals surface area contributed by atoms with Crippen molar-refractivity contribution >= 4 is 35.3 Å². The zero-order valence-corrected chi connectivity index (χ0v) is 22.5. The lowest BCUT2D eigenvalue weighted by atomic mass is 10.2. The Morgan fingerprint density at radius 1 is 0.676 bits per heavy atom. The summed E-state index contributed by atoms with van der Waals surface area (Å²) in [4.78, 5) is 14.2. The molecule has 0 N–H and O–H groups in total. The molecule has 0 radical (unpaired) electrons. The maximum Gasteiger partial charge on any atom is 0.338 e. The van der Waals surface area contributed by atoms with Gasteiger partial charge >= 0.3 is 5.69 Å². The number of aryl methyl sites for hydroxylation is 1. The Kier molecular flexibility index (Phi) is 6.92. The summed E-state index contributed by atoms with van der Waals surface area (Å²) in [6.45, 7) is 3.99. The normalized spacial score (nSPS) is 11.4. The van der Waals surface area contributed by atoms with E-state index in [1.165, 1.54) is 4.57 Å². The van der Waals surface area contributed by atoms with Crippen molar-refractivity contribution in [3.8, 4) is 11.4 Å². The van der Waals surface area contributed by atoms with Crippen LogP contribution >= 0.6 is 19.4 Å². The van der Waals surface area contributed by atoms with Gasteiger partial charge in [0, 0.05) is 16.3 Å². The van der Waals surface area contributed by atoms with E-state index in [0.717, 1.165) is 5.56 Å². The van der Waals surface area contributed by atoms with Gasteiger partial charge in [-0.15, -0.1) is 0 Å². The molecular formula is C31H27N2O2PS. The molecule has 0 aliphatic carbocycles. The molecule has 5 aromatic rings. The van der Waals surface area contributed by atoms with Crippen molar-refractivity contribution in [1.29, 1.82) is 0 Å².